The minimum Gasteiger partial charge on any atom is -0.493 e. The summed E-state index contributed by atoms with van der Waals surface area (Å²) in [7, 11) is 0. The standard InChI is InChI=1S/C18H20N2O3/c21-17-8-7-14(9-10-19-17)13-23-16-5-3-4-15(12-16)20-11-2-1-6-18(20)22/h1-6,11-12,14H,7-10,13H2,(H,19,21). The van der Waals surface area contributed by atoms with Crippen LogP contribution >= 0.6 is 0 Å². The maximum atomic E-state index is 11.9. The molecule has 1 aromatic heterocycles. The van der Waals surface area contributed by atoms with Gasteiger partial charge in [0.25, 0.3) is 5.56 Å². The van der Waals surface area contributed by atoms with E-state index < -0.39 is 0 Å². The van der Waals surface area contributed by atoms with E-state index in [0.717, 1.165) is 24.3 Å². The number of carbonyl (C=O) groups excluding carboxylic acids is 1. The van der Waals surface area contributed by atoms with Crippen molar-refractivity contribution >= 4 is 5.91 Å². The third-order valence-electron chi connectivity index (χ3n) is 4.06. The van der Waals surface area contributed by atoms with Gasteiger partial charge in [0, 0.05) is 31.3 Å². The Morgan fingerprint density at radius 1 is 1.13 bits per heavy atom. The monoisotopic (exact) mass is 312 g/mol. The lowest BCUT2D eigenvalue weighted by Crippen LogP contribution is -2.21. The molecule has 1 aliphatic rings. The number of rotatable bonds is 4. The zero-order valence-electron chi connectivity index (χ0n) is 12.9. The summed E-state index contributed by atoms with van der Waals surface area (Å²) < 4.78 is 7.47. The number of amides is 1. The average molecular weight is 312 g/mol. The summed E-state index contributed by atoms with van der Waals surface area (Å²) in [6.07, 6.45) is 4.09. The molecule has 1 aromatic carbocycles. The number of hydrogen-bond donors (Lipinski definition) is 1. The van der Waals surface area contributed by atoms with Crippen molar-refractivity contribution in [1.29, 1.82) is 0 Å². The minimum absolute atomic E-state index is 0.0713. The summed E-state index contributed by atoms with van der Waals surface area (Å²) in [6.45, 7) is 1.30. The van der Waals surface area contributed by atoms with Crippen LogP contribution in [0.3, 0.4) is 0 Å². The van der Waals surface area contributed by atoms with Gasteiger partial charge in [0.1, 0.15) is 5.75 Å². The third kappa shape index (κ3) is 4.00. The van der Waals surface area contributed by atoms with Crippen molar-refractivity contribution in [3.05, 3.63) is 59.0 Å². The first kappa shape index (κ1) is 15.3. The van der Waals surface area contributed by atoms with Gasteiger partial charge < -0.3 is 10.1 Å². The minimum atomic E-state index is -0.0713. The van der Waals surface area contributed by atoms with E-state index >= 15 is 0 Å². The quantitative estimate of drug-likeness (QED) is 0.941. The molecule has 0 aliphatic carbocycles. The van der Waals surface area contributed by atoms with Crippen LogP contribution in [0.5, 0.6) is 5.75 Å². The molecule has 2 aromatic rings. The van der Waals surface area contributed by atoms with Crippen LogP contribution in [-0.4, -0.2) is 23.6 Å². The summed E-state index contributed by atoms with van der Waals surface area (Å²) in [5.74, 6) is 1.23. The fourth-order valence-corrected chi connectivity index (χ4v) is 2.73. The van der Waals surface area contributed by atoms with E-state index in [0.29, 0.717) is 25.5 Å². The van der Waals surface area contributed by atoms with E-state index in [4.69, 9.17) is 4.74 Å². The van der Waals surface area contributed by atoms with Crippen molar-refractivity contribution < 1.29 is 9.53 Å². The fraction of sp³-hybridized carbons (Fsp3) is 0.333. The molecule has 1 saturated heterocycles. The van der Waals surface area contributed by atoms with Crippen LogP contribution in [0.4, 0.5) is 0 Å². The normalized spacial score (nSPS) is 18.1. The molecule has 0 spiro atoms. The molecule has 1 fully saturated rings. The Kier molecular flexibility index (Phi) is 4.76. The number of nitrogens with zero attached hydrogens (tertiary/aromatic N) is 1. The van der Waals surface area contributed by atoms with Gasteiger partial charge >= 0.3 is 0 Å². The number of nitrogens with one attached hydrogen (secondary N) is 1. The van der Waals surface area contributed by atoms with E-state index in [1.807, 2.05) is 30.3 Å². The van der Waals surface area contributed by atoms with Gasteiger partial charge in [-0.15, -0.1) is 0 Å². The number of pyridine rings is 1. The summed E-state index contributed by atoms with van der Waals surface area (Å²) in [5, 5.41) is 2.88. The second-order valence-electron chi connectivity index (χ2n) is 5.76. The zero-order chi connectivity index (χ0) is 16.1. The Labute approximate surface area is 134 Å². The summed E-state index contributed by atoms with van der Waals surface area (Å²) >= 11 is 0. The molecular formula is C18H20N2O3. The molecule has 2 heterocycles. The Bertz CT molecular complexity index is 739. The van der Waals surface area contributed by atoms with Crippen molar-refractivity contribution in [2.45, 2.75) is 19.3 Å². The maximum absolute atomic E-state index is 11.9. The first-order valence-electron chi connectivity index (χ1n) is 7.90. The summed E-state index contributed by atoms with van der Waals surface area (Å²) in [6, 6.07) is 12.6. The van der Waals surface area contributed by atoms with Gasteiger partial charge in [-0.25, -0.2) is 0 Å². The number of ether oxygens (including phenoxy) is 1. The van der Waals surface area contributed by atoms with Crippen LogP contribution in [0.15, 0.2) is 53.5 Å². The molecule has 5 nitrogen and oxygen atoms in total. The van der Waals surface area contributed by atoms with Gasteiger partial charge in [0.05, 0.1) is 12.3 Å². The highest BCUT2D eigenvalue weighted by Crippen LogP contribution is 2.19. The van der Waals surface area contributed by atoms with Gasteiger partial charge in [-0.3, -0.25) is 14.2 Å². The number of aromatic nitrogens is 1. The predicted molar refractivity (Wildman–Crippen MR) is 87.9 cm³/mol. The fourth-order valence-electron chi connectivity index (χ4n) is 2.73. The van der Waals surface area contributed by atoms with Crippen molar-refractivity contribution in [1.82, 2.24) is 9.88 Å². The molecule has 0 saturated carbocycles. The van der Waals surface area contributed by atoms with Gasteiger partial charge in [0.2, 0.25) is 5.91 Å². The molecule has 3 rings (SSSR count). The largest absolute Gasteiger partial charge is 0.493 e. The molecule has 5 heteroatoms. The summed E-state index contributed by atoms with van der Waals surface area (Å²) in [4.78, 5) is 23.2. The lowest BCUT2D eigenvalue weighted by molar-refractivity contribution is -0.120. The second-order valence-corrected chi connectivity index (χ2v) is 5.76. The molecule has 1 amide bonds. The van der Waals surface area contributed by atoms with Crippen LogP contribution in [0.2, 0.25) is 0 Å². The van der Waals surface area contributed by atoms with Gasteiger partial charge in [-0.05, 0) is 37.0 Å². The molecular weight excluding hydrogens is 292 g/mol. The molecule has 23 heavy (non-hydrogen) atoms. The van der Waals surface area contributed by atoms with Crippen LogP contribution < -0.4 is 15.6 Å². The first-order chi connectivity index (χ1) is 11.2. The highest BCUT2D eigenvalue weighted by Gasteiger charge is 2.16. The second kappa shape index (κ2) is 7.13. The van der Waals surface area contributed by atoms with Crippen molar-refractivity contribution in [2.24, 2.45) is 5.92 Å². The molecule has 1 N–H and O–H groups in total. The number of benzene rings is 1. The highest BCUT2D eigenvalue weighted by atomic mass is 16.5. The third-order valence-corrected chi connectivity index (χ3v) is 4.06. The van der Waals surface area contributed by atoms with Crippen molar-refractivity contribution in [3.63, 3.8) is 0 Å². The molecule has 1 unspecified atom stereocenters. The summed E-state index contributed by atoms with van der Waals surface area (Å²) in [5.41, 5.74) is 0.712. The maximum Gasteiger partial charge on any atom is 0.255 e. The van der Waals surface area contributed by atoms with Gasteiger partial charge in [-0.1, -0.05) is 12.1 Å². The van der Waals surface area contributed by atoms with Crippen LogP contribution in [-0.2, 0) is 4.79 Å². The van der Waals surface area contributed by atoms with E-state index in [1.54, 1.807) is 16.8 Å². The van der Waals surface area contributed by atoms with Crippen LogP contribution in [0, 0.1) is 5.92 Å². The van der Waals surface area contributed by atoms with Crippen molar-refractivity contribution in [3.8, 4) is 11.4 Å². The Balaban J connectivity index is 1.67. The van der Waals surface area contributed by atoms with E-state index in [1.165, 1.54) is 6.07 Å². The van der Waals surface area contributed by atoms with E-state index in [9.17, 15) is 9.59 Å². The van der Waals surface area contributed by atoms with E-state index in [2.05, 4.69) is 5.32 Å². The number of hydrogen-bond acceptors (Lipinski definition) is 3. The van der Waals surface area contributed by atoms with Crippen LogP contribution in [0.1, 0.15) is 19.3 Å². The van der Waals surface area contributed by atoms with E-state index in [-0.39, 0.29) is 11.5 Å². The van der Waals surface area contributed by atoms with Gasteiger partial charge in [0.15, 0.2) is 0 Å². The smallest absolute Gasteiger partial charge is 0.255 e. The Morgan fingerprint density at radius 3 is 2.91 bits per heavy atom. The highest BCUT2D eigenvalue weighted by molar-refractivity contribution is 5.76. The Hall–Kier alpha value is -2.56. The van der Waals surface area contributed by atoms with Crippen molar-refractivity contribution in [2.75, 3.05) is 13.2 Å². The molecule has 0 bridgehead atoms. The number of carbonyl (C=O) groups is 1. The van der Waals surface area contributed by atoms with Crippen LogP contribution in [0.25, 0.3) is 5.69 Å². The first-order valence-corrected chi connectivity index (χ1v) is 7.90. The predicted octanol–water partition coefficient (Wildman–Crippen LogP) is 2.13. The molecule has 1 aliphatic heterocycles. The SMILES string of the molecule is O=C1CCC(COc2cccc(-n3ccccc3=O)c2)CCN1. The molecule has 0 radical (unpaired) electrons. The topological polar surface area (TPSA) is 60.3 Å². The average Bonchev–Trinajstić information content (AvgIpc) is 2.78. The lowest BCUT2D eigenvalue weighted by atomic mass is 10.0. The lowest BCUT2D eigenvalue weighted by Gasteiger charge is -2.15. The molecule has 1 atom stereocenters. The Morgan fingerprint density at radius 2 is 2.04 bits per heavy atom. The van der Waals surface area contributed by atoms with Gasteiger partial charge in [-0.2, -0.15) is 0 Å². The molecule has 120 valence electrons. The zero-order valence-corrected chi connectivity index (χ0v) is 12.9.